The van der Waals surface area contributed by atoms with Crippen molar-refractivity contribution in [3.05, 3.63) is 90.0 Å². The Morgan fingerprint density at radius 2 is 1.50 bits per heavy atom. The van der Waals surface area contributed by atoms with Gasteiger partial charge in [-0.15, -0.1) is 11.3 Å². The molecule has 1 atom stereocenters. The summed E-state index contributed by atoms with van der Waals surface area (Å²) in [5, 5.41) is 5.32. The summed E-state index contributed by atoms with van der Waals surface area (Å²) in [7, 11) is 6.36. The SMILES string of the molecule is COc1ccc(C2CC(c3cc(OC)c(OC)c(OC)c3)=NO2)cc1OCCOc1cccc(-c2nc3ccccc3s2)c1. The Morgan fingerprint density at radius 3 is 2.25 bits per heavy atom. The molecular formula is C34H32N2O7S. The Morgan fingerprint density at radius 1 is 0.727 bits per heavy atom. The van der Waals surface area contributed by atoms with Gasteiger partial charge in [0.1, 0.15) is 24.0 Å². The van der Waals surface area contributed by atoms with Crippen LogP contribution in [0.4, 0.5) is 0 Å². The monoisotopic (exact) mass is 612 g/mol. The van der Waals surface area contributed by atoms with Crippen molar-refractivity contribution in [3.8, 4) is 45.1 Å². The summed E-state index contributed by atoms with van der Waals surface area (Å²) in [6.45, 7) is 0.675. The normalized spacial score (nSPS) is 14.1. The predicted octanol–water partition coefficient (Wildman–Crippen LogP) is 7.32. The second-order valence-electron chi connectivity index (χ2n) is 9.87. The van der Waals surface area contributed by atoms with E-state index < -0.39 is 0 Å². The zero-order chi connectivity index (χ0) is 30.5. The van der Waals surface area contributed by atoms with Crippen LogP contribution in [0, 0.1) is 0 Å². The lowest BCUT2D eigenvalue weighted by atomic mass is 9.99. The molecule has 1 aromatic heterocycles. The third-order valence-corrected chi connectivity index (χ3v) is 8.30. The fourth-order valence-electron chi connectivity index (χ4n) is 5.01. The van der Waals surface area contributed by atoms with Crippen molar-refractivity contribution in [2.24, 2.45) is 5.16 Å². The summed E-state index contributed by atoms with van der Waals surface area (Å²) < 4.78 is 35.3. The third kappa shape index (κ3) is 6.07. The molecule has 5 aromatic rings. The lowest BCUT2D eigenvalue weighted by Crippen LogP contribution is -2.10. The highest BCUT2D eigenvalue weighted by molar-refractivity contribution is 7.21. The summed E-state index contributed by atoms with van der Waals surface area (Å²) in [6, 6.07) is 25.5. The molecule has 1 unspecified atom stereocenters. The fourth-order valence-corrected chi connectivity index (χ4v) is 5.97. The number of fused-ring (bicyclic) bond motifs is 1. The van der Waals surface area contributed by atoms with Crippen LogP contribution >= 0.6 is 11.3 Å². The molecule has 10 heteroatoms. The van der Waals surface area contributed by atoms with E-state index in [9.17, 15) is 0 Å². The van der Waals surface area contributed by atoms with E-state index in [1.807, 2.05) is 72.8 Å². The van der Waals surface area contributed by atoms with Crippen LogP contribution in [0.5, 0.6) is 34.5 Å². The highest BCUT2D eigenvalue weighted by Gasteiger charge is 2.27. The van der Waals surface area contributed by atoms with Gasteiger partial charge in [0.05, 0.1) is 44.4 Å². The number of para-hydroxylation sites is 1. The first kappa shape index (κ1) is 29.1. The van der Waals surface area contributed by atoms with Gasteiger partial charge in [-0.25, -0.2) is 4.98 Å². The number of benzene rings is 4. The first-order valence-corrected chi connectivity index (χ1v) is 14.8. The topological polar surface area (TPSA) is 89.9 Å². The number of rotatable bonds is 12. The van der Waals surface area contributed by atoms with Crippen LogP contribution in [-0.4, -0.2) is 52.3 Å². The van der Waals surface area contributed by atoms with Gasteiger partial charge in [-0.3, -0.25) is 0 Å². The van der Waals surface area contributed by atoms with E-state index in [1.165, 1.54) is 0 Å². The lowest BCUT2D eigenvalue weighted by Gasteiger charge is -2.15. The van der Waals surface area contributed by atoms with Gasteiger partial charge in [0.25, 0.3) is 0 Å². The molecule has 4 aromatic carbocycles. The van der Waals surface area contributed by atoms with Gasteiger partial charge < -0.3 is 33.3 Å². The van der Waals surface area contributed by atoms with Crippen molar-refractivity contribution in [2.45, 2.75) is 12.5 Å². The van der Waals surface area contributed by atoms with Crippen LogP contribution in [-0.2, 0) is 4.84 Å². The van der Waals surface area contributed by atoms with Gasteiger partial charge in [0.2, 0.25) is 5.75 Å². The molecule has 0 fully saturated rings. The highest BCUT2D eigenvalue weighted by Crippen LogP contribution is 2.41. The number of nitrogens with zero attached hydrogens (tertiary/aromatic N) is 2. The van der Waals surface area contributed by atoms with Gasteiger partial charge in [0.15, 0.2) is 29.1 Å². The van der Waals surface area contributed by atoms with Gasteiger partial charge >= 0.3 is 0 Å². The molecular weight excluding hydrogens is 580 g/mol. The lowest BCUT2D eigenvalue weighted by molar-refractivity contribution is 0.0854. The number of ether oxygens (including phenoxy) is 6. The predicted molar refractivity (Wildman–Crippen MR) is 170 cm³/mol. The summed E-state index contributed by atoms with van der Waals surface area (Å²) in [5.41, 5.74) is 4.53. The highest BCUT2D eigenvalue weighted by atomic mass is 32.1. The first-order valence-electron chi connectivity index (χ1n) is 14.0. The average molecular weight is 613 g/mol. The smallest absolute Gasteiger partial charge is 0.203 e. The molecule has 0 aliphatic carbocycles. The van der Waals surface area contributed by atoms with E-state index in [1.54, 1.807) is 39.8 Å². The minimum atomic E-state index is -0.293. The maximum atomic E-state index is 6.10. The Hall–Kier alpha value is -4.96. The minimum absolute atomic E-state index is 0.293. The Kier molecular flexibility index (Phi) is 8.69. The number of aromatic nitrogens is 1. The Bertz CT molecular complexity index is 1740. The van der Waals surface area contributed by atoms with Gasteiger partial charge in [-0.2, -0.15) is 0 Å². The van der Waals surface area contributed by atoms with Crippen molar-refractivity contribution < 1.29 is 33.3 Å². The summed E-state index contributed by atoms with van der Waals surface area (Å²) >= 11 is 1.66. The molecule has 0 N–H and O–H groups in total. The zero-order valence-electron chi connectivity index (χ0n) is 24.9. The van der Waals surface area contributed by atoms with Crippen molar-refractivity contribution >= 4 is 27.3 Å². The molecule has 6 rings (SSSR count). The van der Waals surface area contributed by atoms with Crippen LogP contribution in [0.1, 0.15) is 23.7 Å². The molecule has 0 spiro atoms. The van der Waals surface area contributed by atoms with Crippen LogP contribution < -0.4 is 28.4 Å². The zero-order valence-corrected chi connectivity index (χ0v) is 25.7. The Labute approximate surface area is 259 Å². The number of methoxy groups -OCH3 is 4. The molecule has 9 nitrogen and oxygen atoms in total. The maximum Gasteiger partial charge on any atom is 0.203 e. The van der Waals surface area contributed by atoms with E-state index in [-0.39, 0.29) is 6.10 Å². The van der Waals surface area contributed by atoms with Crippen LogP contribution in [0.25, 0.3) is 20.8 Å². The molecule has 0 bridgehead atoms. The molecule has 0 saturated carbocycles. The quantitative estimate of drug-likeness (QED) is 0.135. The molecule has 0 radical (unpaired) electrons. The van der Waals surface area contributed by atoms with Gasteiger partial charge in [0, 0.05) is 17.5 Å². The summed E-state index contributed by atoms with van der Waals surface area (Å²) in [6.07, 6.45) is 0.261. The molecule has 44 heavy (non-hydrogen) atoms. The van der Waals surface area contributed by atoms with E-state index >= 15 is 0 Å². The van der Waals surface area contributed by atoms with Gasteiger partial charge in [-0.1, -0.05) is 35.5 Å². The van der Waals surface area contributed by atoms with E-state index in [2.05, 4.69) is 11.2 Å². The molecule has 226 valence electrons. The number of oxime groups is 1. The third-order valence-electron chi connectivity index (χ3n) is 7.21. The van der Waals surface area contributed by atoms with Crippen LogP contribution in [0.15, 0.2) is 84.0 Å². The van der Waals surface area contributed by atoms with Crippen molar-refractivity contribution in [2.75, 3.05) is 41.7 Å². The van der Waals surface area contributed by atoms with Gasteiger partial charge in [-0.05, 0) is 54.1 Å². The summed E-state index contributed by atoms with van der Waals surface area (Å²) in [5.74, 6) is 3.60. The van der Waals surface area contributed by atoms with Crippen LogP contribution in [0.3, 0.4) is 0 Å². The standard InChI is InChI=1S/C34H32N2O7S/c1-37-27-13-12-21(28-20-26(36-43-28)23-18-30(38-2)33(40-4)31(19-23)39-3)17-29(27)42-15-14-41-24-9-7-8-22(16-24)34-35-25-10-5-6-11-32(25)44-34/h5-13,16-19,28H,14-15,20H2,1-4H3. The maximum absolute atomic E-state index is 6.10. The minimum Gasteiger partial charge on any atom is -0.493 e. The summed E-state index contributed by atoms with van der Waals surface area (Å²) in [4.78, 5) is 10.6. The fraction of sp³-hybridized carbons (Fsp3) is 0.235. The van der Waals surface area contributed by atoms with Crippen molar-refractivity contribution in [3.63, 3.8) is 0 Å². The number of hydrogen-bond donors (Lipinski definition) is 0. The Balaban J connectivity index is 1.09. The van der Waals surface area contributed by atoms with E-state index in [4.69, 9.17) is 38.2 Å². The molecule has 1 aliphatic rings. The van der Waals surface area contributed by atoms with Crippen molar-refractivity contribution in [1.82, 2.24) is 4.98 Å². The molecule has 0 amide bonds. The van der Waals surface area contributed by atoms with Crippen molar-refractivity contribution in [1.29, 1.82) is 0 Å². The largest absolute Gasteiger partial charge is 0.493 e. The number of thiazole rings is 1. The molecule has 0 saturated heterocycles. The number of hydrogen-bond acceptors (Lipinski definition) is 10. The second-order valence-corrected chi connectivity index (χ2v) is 10.9. The second kappa shape index (κ2) is 13.1. The average Bonchev–Trinajstić information content (AvgIpc) is 3.74. The van der Waals surface area contributed by atoms with E-state index in [0.29, 0.717) is 48.4 Å². The first-order chi connectivity index (χ1) is 21.6. The van der Waals surface area contributed by atoms with E-state index in [0.717, 1.165) is 43.4 Å². The molecule has 1 aliphatic heterocycles. The molecule has 2 heterocycles. The van der Waals surface area contributed by atoms with Crippen LogP contribution in [0.2, 0.25) is 0 Å².